The smallest absolute Gasteiger partial charge is 0.228 e. The summed E-state index contributed by atoms with van der Waals surface area (Å²) in [5, 5.41) is 3.00. The number of benzene rings is 1. The molecule has 118 valence electrons. The predicted octanol–water partition coefficient (Wildman–Crippen LogP) is 3.66. The van der Waals surface area contributed by atoms with Crippen LogP contribution in [0.5, 0.6) is 0 Å². The number of aromatic nitrogens is 1. The fourth-order valence-electron chi connectivity index (χ4n) is 2.62. The van der Waals surface area contributed by atoms with E-state index in [2.05, 4.69) is 41.2 Å². The van der Waals surface area contributed by atoms with E-state index in [1.807, 2.05) is 32.2 Å². The Morgan fingerprint density at radius 1 is 1.18 bits per heavy atom. The highest BCUT2D eigenvalue weighted by atomic mass is 16.1. The summed E-state index contributed by atoms with van der Waals surface area (Å²) in [5.74, 6) is 0.0117. The van der Waals surface area contributed by atoms with Gasteiger partial charge in [0.2, 0.25) is 5.91 Å². The van der Waals surface area contributed by atoms with Crippen molar-refractivity contribution in [3.63, 3.8) is 0 Å². The van der Waals surface area contributed by atoms with Gasteiger partial charge in [0, 0.05) is 36.4 Å². The van der Waals surface area contributed by atoms with Crippen LogP contribution in [0.15, 0.2) is 30.5 Å². The van der Waals surface area contributed by atoms with Crippen molar-refractivity contribution in [3.05, 3.63) is 47.3 Å². The number of anilines is 2. The number of hydrogen-bond acceptors (Lipinski definition) is 2. The fourth-order valence-corrected chi connectivity index (χ4v) is 2.62. The van der Waals surface area contributed by atoms with Gasteiger partial charge in [-0.05, 0) is 63.1 Å². The molecule has 0 unspecified atom stereocenters. The molecule has 0 fully saturated rings. The Morgan fingerprint density at radius 3 is 2.45 bits per heavy atom. The van der Waals surface area contributed by atoms with Gasteiger partial charge in [-0.25, -0.2) is 0 Å². The van der Waals surface area contributed by atoms with Crippen molar-refractivity contribution in [1.29, 1.82) is 0 Å². The number of aryl methyl sites for hydroxylation is 2. The van der Waals surface area contributed by atoms with Gasteiger partial charge in [0.1, 0.15) is 0 Å². The second kappa shape index (κ2) is 7.16. The molecule has 0 aliphatic carbocycles. The average molecular weight is 299 g/mol. The van der Waals surface area contributed by atoms with Crippen molar-refractivity contribution in [2.75, 3.05) is 23.3 Å². The van der Waals surface area contributed by atoms with Crippen LogP contribution >= 0.6 is 0 Å². The maximum Gasteiger partial charge on any atom is 0.228 e. The molecule has 0 aliphatic rings. The summed E-state index contributed by atoms with van der Waals surface area (Å²) in [6, 6.07) is 8.18. The van der Waals surface area contributed by atoms with Crippen LogP contribution < -0.4 is 10.2 Å². The molecule has 2 rings (SSSR count). The third kappa shape index (κ3) is 3.91. The Labute approximate surface area is 132 Å². The summed E-state index contributed by atoms with van der Waals surface area (Å²) < 4.78 is 0. The first kappa shape index (κ1) is 16.1. The Kier molecular flexibility index (Phi) is 5.26. The van der Waals surface area contributed by atoms with Crippen LogP contribution in [-0.4, -0.2) is 24.0 Å². The number of H-pyrrole nitrogens is 1. The molecule has 1 aromatic carbocycles. The lowest BCUT2D eigenvalue weighted by Gasteiger charge is -2.22. The lowest BCUT2D eigenvalue weighted by molar-refractivity contribution is -0.115. The van der Waals surface area contributed by atoms with Gasteiger partial charge in [-0.1, -0.05) is 0 Å². The largest absolute Gasteiger partial charge is 0.372 e. The molecule has 1 aromatic heterocycles. The standard InChI is InChI=1S/C18H25N3O/c1-5-21(6-2)16-7-8-17(13(3)9-16)20-18(22)11-15-10-14(4)19-12-15/h7-10,12,19H,5-6,11H2,1-4H3,(H,20,22). The molecule has 0 atom stereocenters. The van der Waals surface area contributed by atoms with Crippen molar-refractivity contribution in [2.45, 2.75) is 34.1 Å². The highest BCUT2D eigenvalue weighted by molar-refractivity contribution is 5.93. The van der Waals surface area contributed by atoms with E-state index < -0.39 is 0 Å². The molecule has 2 N–H and O–H groups in total. The minimum atomic E-state index is 0.0117. The number of aromatic amines is 1. The molecule has 0 radical (unpaired) electrons. The molecular formula is C18H25N3O. The zero-order valence-corrected chi connectivity index (χ0v) is 13.9. The lowest BCUT2D eigenvalue weighted by Crippen LogP contribution is -2.22. The van der Waals surface area contributed by atoms with Crippen LogP contribution in [0, 0.1) is 13.8 Å². The Morgan fingerprint density at radius 2 is 1.91 bits per heavy atom. The second-order valence-electron chi connectivity index (χ2n) is 5.59. The summed E-state index contributed by atoms with van der Waals surface area (Å²) in [4.78, 5) is 17.5. The number of carbonyl (C=O) groups is 1. The van der Waals surface area contributed by atoms with Gasteiger partial charge in [-0.15, -0.1) is 0 Å². The van der Waals surface area contributed by atoms with Crippen molar-refractivity contribution < 1.29 is 4.79 Å². The maximum atomic E-state index is 12.1. The van der Waals surface area contributed by atoms with Gasteiger partial charge in [-0.2, -0.15) is 0 Å². The zero-order chi connectivity index (χ0) is 16.1. The second-order valence-corrected chi connectivity index (χ2v) is 5.59. The normalized spacial score (nSPS) is 10.5. The quantitative estimate of drug-likeness (QED) is 0.855. The first-order valence-electron chi connectivity index (χ1n) is 7.82. The third-order valence-corrected chi connectivity index (χ3v) is 3.86. The topological polar surface area (TPSA) is 48.1 Å². The first-order valence-corrected chi connectivity index (χ1v) is 7.82. The summed E-state index contributed by atoms with van der Waals surface area (Å²) in [6.45, 7) is 10.3. The molecule has 0 spiro atoms. The molecule has 1 heterocycles. The van der Waals surface area contributed by atoms with Gasteiger partial charge in [0.15, 0.2) is 0 Å². The molecule has 0 aliphatic heterocycles. The molecule has 4 nitrogen and oxygen atoms in total. The minimum absolute atomic E-state index is 0.0117. The van der Waals surface area contributed by atoms with E-state index in [0.29, 0.717) is 6.42 Å². The van der Waals surface area contributed by atoms with Crippen LogP contribution in [0.2, 0.25) is 0 Å². The van der Waals surface area contributed by atoms with Crippen LogP contribution in [0.4, 0.5) is 11.4 Å². The number of rotatable bonds is 6. The van der Waals surface area contributed by atoms with E-state index in [1.54, 1.807) is 0 Å². The summed E-state index contributed by atoms with van der Waals surface area (Å²) in [7, 11) is 0. The monoisotopic (exact) mass is 299 g/mol. The van der Waals surface area contributed by atoms with Crippen molar-refractivity contribution in [2.24, 2.45) is 0 Å². The molecule has 0 saturated heterocycles. The number of nitrogens with zero attached hydrogens (tertiary/aromatic N) is 1. The van der Waals surface area contributed by atoms with Gasteiger partial charge in [-0.3, -0.25) is 4.79 Å². The molecular weight excluding hydrogens is 274 g/mol. The van der Waals surface area contributed by atoms with Crippen LogP contribution in [0.25, 0.3) is 0 Å². The molecule has 0 saturated carbocycles. The van der Waals surface area contributed by atoms with Crippen LogP contribution in [0.3, 0.4) is 0 Å². The van der Waals surface area contributed by atoms with E-state index in [1.165, 1.54) is 5.69 Å². The highest BCUT2D eigenvalue weighted by Gasteiger charge is 2.09. The van der Waals surface area contributed by atoms with Crippen LogP contribution in [0.1, 0.15) is 30.7 Å². The Bertz CT molecular complexity index is 642. The molecule has 1 amide bonds. The van der Waals surface area contributed by atoms with Gasteiger partial charge < -0.3 is 15.2 Å². The Hall–Kier alpha value is -2.23. The maximum absolute atomic E-state index is 12.1. The number of nitrogens with one attached hydrogen (secondary N) is 2. The van der Waals surface area contributed by atoms with E-state index in [0.717, 1.165) is 35.6 Å². The highest BCUT2D eigenvalue weighted by Crippen LogP contribution is 2.22. The molecule has 0 bridgehead atoms. The third-order valence-electron chi connectivity index (χ3n) is 3.86. The molecule has 22 heavy (non-hydrogen) atoms. The summed E-state index contributed by atoms with van der Waals surface area (Å²) in [6.07, 6.45) is 2.27. The molecule has 2 aromatic rings. The van der Waals surface area contributed by atoms with Crippen LogP contribution in [-0.2, 0) is 11.2 Å². The Balaban J connectivity index is 2.05. The van der Waals surface area contributed by atoms with Crippen molar-refractivity contribution in [3.8, 4) is 0 Å². The van der Waals surface area contributed by atoms with E-state index in [-0.39, 0.29) is 5.91 Å². The minimum Gasteiger partial charge on any atom is -0.372 e. The van der Waals surface area contributed by atoms with Gasteiger partial charge in [0.25, 0.3) is 0 Å². The summed E-state index contributed by atoms with van der Waals surface area (Å²) >= 11 is 0. The number of amides is 1. The lowest BCUT2D eigenvalue weighted by atomic mass is 10.1. The van der Waals surface area contributed by atoms with Crippen molar-refractivity contribution in [1.82, 2.24) is 4.98 Å². The SMILES string of the molecule is CCN(CC)c1ccc(NC(=O)Cc2c[nH]c(C)c2)c(C)c1. The van der Waals surface area contributed by atoms with Crippen molar-refractivity contribution >= 4 is 17.3 Å². The molecule has 4 heteroatoms. The van der Waals surface area contributed by atoms with E-state index >= 15 is 0 Å². The number of hydrogen-bond donors (Lipinski definition) is 2. The summed E-state index contributed by atoms with van der Waals surface area (Å²) in [5.41, 5.74) is 5.24. The van der Waals surface area contributed by atoms with Gasteiger partial charge in [0.05, 0.1) is 6.42 Å². The predicted molar refractivity (Wildman–Crippen MR) is 92.6 cm³/mol. The van der Waals surface area contributed by atoms with Gasteiger partial charge >= 0.3 is 0 Å². The number of carbonyl (C=O) groups excluding carboxylic acids is 1. The van der Waals surface area contributed by atoms with E-state index in [4.69, 9.17) is 0 Å². The zero-order valence-electron chi connectivity index (χ0n) is 13.9. The fraction of sp³-hybridized carbons (Fsp3) is 0.389. The average Bonchev–Trinajstić information content (AvgIpc) is 2.88. The van der Waals surface area contributed by atoms with E-state index in [9.17, 15) is 4.79 Å². The first-order chi connectivity index (χ1) is 10.5.